The molecule has 1 saturated heterocycles. The van der Waals surface area contributed by atoms with Gasteiger partial charge in [0, 0.05) is 18.5 Å². The normalized spacial score (nSPS) is 17.3. The van der Waals surface area contributed by atoms with E-state index in [9.17, 15) is 14.0 Å². The maximum Gasteiger partial charge on any atom is 0.311 e. The molecule has 1 unspecified atom stereocenters. The van der Waals surface area contributed by atoms with E-state index in [0.717, 1.165) is 24.9 Å². The lowest BCUT2D eigenvalue weighted by atomic mass is 9.97. The first-order valence-corrected chi connectivity index (χ1v) is 10.3. The molecule has 150 valence electrons. The maximum atomic E-state index is 13.4. The fourth-order valence-corrected chi connectivity index (χ4v) is 4.03. The van der Waals surface area contributed by atoms with Crippen LogP contribution < -0.4 is 5.32 Å². The van der Waals surface area contributed by atoms with Crippen molar-refractivity contribution in [2.24, 2.45) is 5.92 Å². The molecule has 1 aromatic heterocycles. The molecule has 1 amide bonds. The number of esters is 1. The lowest BCUT2D eigenvalue weighted by Crippen LogP contribution is -2.40. The van der Waals surface area contributed by atoms with E-state index >= 15 is 0 Å². The molecule has 1 fully saturated rings. The van der Waals surface area contributed by atoms with E-state index in [2.05, 4.69) is 15.2 Å². The number of aromatic nitrogens is 1. The van der Waals surface area contributed by atoms with Gasteiger partial charge in [0.25, 0.3) is 0 Å². The number of benzene rings is 1. The van der Waals surface area contributed by atoms with Crippen molar-refractivity contribution >= 4 is 28.3 Å². The molecule has 0 aliphatic carbocycles. The van der Waals surface area contributed by atoms with Gasteiger partial charge < -0.3 is 10.1 Å². The first kappa shape index (κ1) is 20.4. The van der Waals surface area contributed by atoms with E-state index in [1.54, 1.807) is 18.4 Å². The number of anilines is 1. The van der Waals surface area contributed by atoms with E-state index in [-0.39, 0.29) is 30.0 Å². The number of halogens is 1. The Kier molecular flexibility index (Phi) is 7.11. The molecule has 2 aromatic rings. The van der Waals surface area contributed by atoms with Crippen LogP contribution in [0.4, 0.5) is 9.52 Å². The minimum atomic E-state index is -0.328. The SMILES string of the molecule is CCOC(=O)Cc1csc(NC(=O)C2CCCN(Cc3cccc(F)c3)C2)n1. The van der Waals surface area contributed by atoms with Crippen LogP contribution in [0.15, 0.2) is 29.6 Å². The van der Waals surface area contributed by atoms with Gasteiger partial charge in [0.05, 0.1) is 24.6 Å². The Labute approximate surface area is 167 Å². The second-order valence-corrected chi connectivity index (χ2v) is 7.68. The predicted octanol–water partition coefficient (Wildman–Crippen LogP) is 3.24. The van der Waals surface area contributed by atoms with Gasteiger partial charge >= 0.3 is 5.97 Å². The van der Waals surface area contributed by atoms with Crippen molar-refractivity contribution in [2.45, 2.75) is 32.7 Å². The number of hydrogen-bond acceptors (Lipinski definition) is 6. The van der Waals surface area contributed by atoms with E-state index in [4.69, 9.17) is 4.74 Å². The molecule has 1 aliphatic heterocycles. The summed E-state index contributed by atoms with van der Waals surface area (Å²) in [6.07, 6.45) is 1.83. The Hall–Kier alpha value is -2.32. The number of amides is 1. The molecule has 1 aliphatic rings. The van der Waals surface area contributed by atoms with Crippen molar-refractivity contribution in [1.29, 1.82) is 0 Å². The van der Waals surface area contributed by atoms with Crippen LogP contribution in [0.5, 0.6) is 0 Å². The zero-order valence-corrected chi connectivity index (χ0v) is 16.6. The summed E-state index contributed by atoms with van der Waals surface area (Å²) < 4.78 is 18.3. The number of nitrogens with one attached hydrogen (secondary N) is 1. The molecular weight excluding hydrogens is 381 g/mol. The van der Waals surface area contributed by atoms with E-state index < -0.39 is 0 Å². The van der Waals surface area contributed by atoms with Gasteiger partial charge in [-0.3, -0.25) is 14.5 Å². The summed E-state index contributed by atoms with van der Waals surface area (Å²) in [5.74, 6) is -0.780. The fourth-order valence-electron chi connectivity index (χ4n) is 3.32. The van der Waals surface area contributed by atoms with Gasteiger partial charge in [-0.2, -0.15) is 0 Å². The number of ether oxygens (including phenoxy) is 1. The number of carbonyl (C=O) groups is 2. The van der Waals surface area contributed by atoms with Gasteiger partial charge in [-0.15, -0.1) is 11.3 Å². The molecule has 8 heteroatoms. The molecular formula is C20H24FN3O3S. The molecule has 28 heavy (non-hydrogen) atoms. The zero-order chi connectivity index (χ0) is 19.9. The third kappa shape index (κ3) is 5.84. The molecule has 1 atom stereocenters. The Morgan fingerprint density at radius 2 is 2.29 bits per heavy atom. The maximum absolute atomic E-state index is 13.4. The molecule has 1 N–H and O–H groups in total. The van der Waals surface area contributed by atoms with Crippen molar-refractivity contribution in [1.82, 2.24) is 9.88 Å². The van der Waals surface area contributed by atoms with E-state index in [1.165, 1.54) is 23.5 Å². The van der Waals surface area contributed by atoms with E-state index in [0.29, 0.717) is 30.5 Å². The second kappa shape index (κ2) is 9.75. The van der Waals surface area contributed by atoms with Crippen molar-refractivity contribution in [3.05, 3.63) is 46.7 Å². The van der Waals surface area contributed by atoms with Crippen molar-refractivity contribution in [2.75, 3.05) is 25.0 Å². The summed E-state index contributed by atoms with van der Waals surface area (Å²) in [7, 11) is 0. The smallest absolute Gasteiger partial charge is 0.311 e. The summed E-state index contributed by atoms with van der Waals surface area (Å²) in [4.78, 5) is 30.6. The van der Waals surface area contributed by atoms with Crippen molar-refractivity contribution < 1.29 is 18.7 Å². The zero-order valence-electron chi connectivity index (χ0n) is 15.8. The lowest BCUT2D eigenvalue weighted by Gasteiger charge is -2.31. The molecule has 3 rings (SSSR count). The first-order valence-electron chi connectivity index (χ1n) is 9.41. The number of carbonyl (C=O) groups excluding carboxylic acids is 2. The van der Waals surface area contributed by atoms with Crippen LogP contribution in [0, 0.1) is 11.7 Å². The third-order valence-corrected chi connectivity index (χ3v) is 5.39. The van der Waals surface area contributed by atoms with E-state index in [1.807, 2.05) is 6.07 Å². The van der Waals surface area contributed by atoms with Gasteiger partial charge in [-0.05, 0) is 44.0 Å². The fraction of sp³-hybridized carbons (Fsp3) is 0.450. The van der Waals surface area contributed by atoms with Gasteiger partial charge in [-0.25, -0.2) is 9.37 Å². The van der Waals surface area contributed by atoms with Crippen LogP contribution in [0.1, 0.15) is 31.0 Å². The topological polar surface area (TPSA) is 71.5 Å². The number of hydrogen-bond donors (Lipinski definition) is 1. The average Bonchev–Trinajstić information content (AvgIpc) is 3.09. The Morgan fingerprint density at radius 1 is 1.43 bits per heavy atom. The number of likely N-dealkylation sites (tertiary alicyclic amines) is 1. The lowest BCUT2D eigenvalue weighted by molar-refractivity contribution is -0.142. The summed E-state index contributed by atoms with van der Waals surface area (Å²) in [6.45, 7) is 4.24. The summed E-state index contributed by atoms with van der Waals surface area (Å²) >= 11 is 1.30. The summed E-state index contributed by atoms with van der Waals surface area (Å²) in [5.41, 5.74) is 1.50. The quantitative estimate of drug-likeness (QED) is 0.716. The van der Waals surface area contributed by atoms with Gasteiger partial charge in [-0.1, -0.05) is 12.1 Å². The number of thiazole rings is 1. The van der Waals surface area contributed by atoms with Crippen LogP contribution >= 0.6 is 11.3 Å². The number of rotatable bonds is 7. The summed E-state index contributed by atoms with van der Waals surface area (Å²) in [5, 5.41) is 5.11. The minimum absolute atomic E-state index is 0.0685. The van der Waals surface area contributed by atoms with Crippen LogP contribution in [-0.4, -0.2) is 41.5 Å². The highest BCUT2D eigenvalue weighted by Gasteiger charge is 2.26. The standard InChI is InChI=1S/C20H24FN3O3S/c1-2-27-18(25)10-17-13-28-20(22-17)23-19(26)15-6-4-8-24(12-15)11-14-5-3-7-16(21)9-14/h3,5,7,9,13,15H,2,4,6,8,10-12H2,1H3,(H,22,23,26). The largest absolute Gasteiger partial charge is 0.466 e. The number of nitrogens with zero attached hydrogens (tertiary/aromatic N) is 2. The van der Waals surface area contributed by atoms with Crippen LogP contribution in [0.25, 0.3) is 0 Å². The van der Waals surface area contributed by atoms with Crippen LogP contribution in [0.3, 0.4) is 0 Å². The van der Waals surface area contributed by atoms with Crippen molar-refractivity contribution in [3.63, 3.8) is 0 Å². The third-order valence-electron chi connectivity index (χ3n) is 4.58. The highest BCUT2D eigenvalue weighted by molar-refractivity contribution is 7.13. The monoisotopic (exact) mass is 405 g/mol. The molecule has 0 radical (unpaired) electrons. The van der Waals surface area contributed by atoms with Gasteiger partial charge in [0.1, 0.15) is 5.82 Å². The highest BCUT2D eigenvalue weighted by Crippen LogP contribution is 2.22. The van der Waals surface area contributed by atoms with Crippen molar-refractivity contribution in [3.8, 4) is 0 Å². The van der Waals surface area contributed by atoms with Gasteiger partial charge in [0.15, 0.2) is 5.13 Å². The molecule has 0 bridgehead atoms. The average molecular weight is 405 g/mol. The Morgan fingerprint density at radius 3 is 3.07 bits per heavy atom. The van der Waals surface area contributed by atoms with Gasteiger partial charge in [0.2, 0.25) is 5.91 Å². The predicted molar refractivity (Wildman–Crippen MR) is 105 cm³/mol. The highest BCUT2D eigenvalue weighted by atomic mass is 32.1. The molecule has 6 nitrogen and oxygen atoms in total. The summed E-state index contributed by atoms with van der Waals surface area (Å²) in [6, 6.07) is 6.56. The van der Waals surface area contributed by atoms with Crippen LogP contribution in [0.2, 0.25) is 0 Å². The molecule has 0 spiro atoms. The number of piperidine rings is 1. The first-order chi connectivity index (χ1) is 13.5. The minimum Gasteiger partial charge on any atom is -0.466 e. The molecule has 2 heterocycles. The Balaban J connectivity index is 1.52. The van der Waals surface area contributed by atoms with Crippen LogP contribution in [-0.2, 0) is 27.3 Å². The molecule has 1 aromatic carbocycles. The molecule has 0 saturated carbocycles. The second-order valence-electron chi connectivity index (χ2n) is 6.82. The Bertz CT molecular complexity index is 827.